The van der Waals surface area contributed by atoms with Gasteiger partial charge in [-0.15, -0.1) is 35.3 Å². The number of rotatable bonds is 10. The van der Waals surface area contributed by atoms with Gasteiger partial charge in [-0.25, -0.2) is 4.98 Å². The number of aryl methyl sites for hydroxylation is 1. The van der Waals surface area contributed by atoms with Crippen LogP contribution in [-0.2, 0) is 16.1 Å². The predicted octanol–water partition coefficient (Wildman–Crippen LogP) is 4.76. The third kappa shape index (κ3) is 12.5. The van der Waals surface area contributed by atoms with Crippen molar-refractivity contribution in [1.82, 2.24) is 15.2 Å². The highest BCUT2D eigenvalue weighted by molar-refractivity contribution is 14.0. The molecule has 0 aliphatic carbocycles. The van der Waals surface area contributed by atoms with Crippen molar-refractivity contribution in [2.45, 2.75) is 78.9 Å². The average molecular weight is 525 g/mol. The first kappa shape index (κ1) is 27.1. The van der Waals surface area contributed by atoms with E-state index >= 15 is 0 Å². The fourth-order valence-corrected chi connectivity index (χ4v) is 3.18. The van der Waals surface area contributed by atoms with Gasteiger partial charge in [-0.05, 0) is 47.5 Å². The van der Waals surface area contributed by atoms with Gasteiger partial charge in [0.05, 0.1) is 17.2 Å². The molecule has 0 amide bonds. The van der Waals surface area contributed by atoms with Crippen LogP contribution in [0.3, 0.4) is 0 Å². The molecule has 0 aliphatic rings. The molecular formula is C20H37IN4O2S. The van der Waals surface area contributed by atoms with E-state index in [2.05, 4.69) is 27.5 Å². The standard InChI is InChI=1S/C20H36N4O2S.HI/c1-7-21-19(24(6)14-17-15-27-16(2)23-17)22-13-11-9-8-10-12-18(25)26-20(3,4)5;/h15H,7-14H2,1-6H3,(H,21,22);1H. The van der Waals surface area contributed by atoms with Crippen LogP contribution in [0.4, 0.5) is 0 Å². The molecule has 1 aromatic heterocycles. The second kappa shape index (κ2) is 14.1. The SMILES string of the molecule is CCNC(=NCCCCCCC(=O)OC(C)(C)C)N(C)Cc1csc(C)n1.I. The number of thiazole rings is 1. The number of nitrogens with one attached hydrogen (secondary N) is 1. The number of aromatic nitrogens is 1. The van der Waals surface area contributed by atoms with Crippen molar-refractivity contribution in [1.29, 1.82) is 0 Å². The van der Waals surface area contributed by atoms with Crippen molar-refractivity contribution in [2.75, 3.05) is 20.1 Å². The van der Waals surface area contributed by atoms with E-state index in [1.807, 2.05) is 34.7 Å². The molecule has 0 spiro atoms. The molecule has 28 heavy (non-hydrogen) atoms. The van der Waals surface area contributed by atoms with Crippen molar-refractivity contribution < 1.29 is 9.53 Å². The summed E-state index contributed by atoms with van der Waals surface area (Å²) in [4.78, 5) is 23.0. The van der Waals surface area contributed by atoms with Crippen LogP contribution in [0.2, 0.25) is 0 Å². The Kier molecular flexibility index (Phi) is 13.7. The third-order valence-corrected chi connectivity index (χ3v) is 4.56. The summed E-state index contributed by atoms with van der Waals surface area (Å²) in [5.41, 5.74) is 0.685. The largest absolute Gasteiger partial charge is 0.460 e. The number of carbonyl (C=O) groups excluding carboxylic acids is 1. The van der Waals surface area contributed by atoms with Gasteiger partial charge in [0.2, 0.25) is 0 Å². The number of hydrogen-bond acceptors (Lipinski definition) is 5. The lowest BCUT2D eigenvalue weighted by Gasteiger charge is -2.21. The van der Waals surface area contributed by atoms with E-state index in [1.54, 1.807) is 11.3 Å². The molecule has 6 nitrogen and oxygen atoms in total. The van der Waals surface area contributed by atoms with E-state index < -0.39 is 5.60 Å². The summed E-state index contributed by atoms with van der Waals surface area (Å²) in [6, 6.07) is 0. The van der Waals surface area contributed by atoms with Gasteiger partial charge in [-0.2, -0.15) is 0 Å². The molecule has 0 bridgehead atoms. The molecule has 8 heteroatoms. The van der Waals surface area contributed by atoms with Gasteiger partial charge < -0.3 is 15.0 Å². The maximum Gasteiger partial charge on any atom is 0.306 e. The minimum atomic E-state index is -0.391. The normalized spacial score (nSPS) is 11.7. The minimum absolute atomic E-state index is 0. The molecule has 0 aliphatic heterocycles. The van der Waals surface area contributed by atoms with E-state index in [4.69, 9.17) is 9.73 Å². The second-order valence-corrected chi connectivity index (χ2v) is 8.76. The maximum atomic E-state index is 11.7. The maximum absolute atomic E-state index is 11.7. The summed E-state index contributed by atoms with van der Waals surface area (Å²) < 4.78 is 5.32. The van der Waals surface area contributed by atoms with Crippen LogP contribution >= 0.6 is 35.3 Å². The van der Waals surface area contributed by atoms with Crippen molar-refractivity contribution in [3.05, 3.63) is 16.1 Å². The monoisotopic (exact) mass is 524 g/mol. The van der Waals surface area contributed by atoms with Crippen LogP contribution in [-0.4, -0.2) is 47.6 Å². The molecule has 162 valence electrons. The van der Waals surface area contributed by atoms with Crippen LogP contribution in [0.15, 0.2) is 10.4 Å². The van der Waals surface area contributed by atoms with E-state index in [9.17, 15) is 4.79 Å². The number of unbranched alkanes of at least 4 members (excludes halogenated alkanes) is 3. The zero-order chi connectivity index (χ0) is 20.3. The summed E-state index contributed by atoms with van der Waals surface area (Å²) in [5, 5.41) is 6.53. The fourth-order valence-electron chi connectivity index (χ4n) is 2.58. The topological polar surface area (TPSA) is 66.8 Å². The van der Waals surface area contributed by atoms with E-state index in [-0.39, 0.29) is 29.9 Å². The zero-order valence-electron chi connectivity index (χ0n) is 18.2. The molecule has 0 radical (unpaired) electrons. The quantitative estimate of drug-likeness (QED) is 0.157. The zero-order valence-corrected chi connectivity index (χ0v) is 21.4. The first-order chi connectivity index (χ1) is 12.7. The second-order valence-electron chi connectivity index (χ2n) is 7.70. The summed E-state index contributed by atoms with van der Waals surface area (Å²) >= 11 is 1.67. The molecule has 1 rings (SSSR count). The van der Waals surface area contributed by atoms with Crippen molar-refractivity contribution in [2.24, 2.45) is 4.99 Å². The Morgan fingerprint density at radius 1 is 1.29 bits per heavy atom. The van der Waals surface area contributed by atoms with E-state index in [0.717, 1.165) is 62.0 Å². The minimum Gasteiger partial charge on any atom is -0.460 e. The highest BCUT2D eigenvalue weighted by Gasteiger charge is 2.15. The number of nitrogens with zero attached hydrogens (tertiary/aromatic N) is 3. The Morgan fingerprint density at radius 3 is 2.54 bits per heavy atom. The van der Waals surface area contributed by atoms with Crippen LogP contribution in [0.25, 0.3) is 0 Å². The van der Waals surface area contributed by atoms with Gasteiger partial charge in [0.15, 0.2) is 5.96 Å². The summed E-state index contributed by atoms with van der Waals surface area (Å²) in [6.45, 7) is 12.2. The number of ether oxygens (including phenoxy) is 1. The van der Waals surface area contributed by atoms with Gasteiger partial charge in [0, 0.05) is 31.9 Å². The van der Waals surface area contributed by atoms with Crippen LogP contribution in [0, 0.1) is 6.92 Å². The number of guanidine groups is 1. The first-order valence-electron chi connectivity index (χ1n) is 9.83. The molecule has 1 heterocycles. The lowest BCUT2D eigenvalue weighted by atomic mass is 10.1. The Bertz CT molecular complexity index is 599. The third-order valence-electron chi connectivity index (χ3n) is 3.73. The van der Waals surface area contributed by atoms with Crippen molar-refractivity contribution in [3.8, 4) is 0 Å². The number of esters is 1. The van der Waals surface area contributed by atoms with Crippen LogP contribution in [0.5, 0.6) is 0 Å². The summed E-state index contributed by atoms with van der Waals surface area (Å²) in [7, 11) is 2.04. The first-order valence-corrected chi connectivity index (χ1v) is 10.7. The molecule has 0 saturated heterocycles. The highest BCUT2D eigenvalue weighted by atomic mass is 127. The van der Waals surface area contributed by atoms with Crippen molar-refractivity contribution >= 4 is 47.2 Å². The predicted molar refractivity (Wildman–Crippen MR) is 129 cm³/mol. The smallest absolute Gasteiger partial charge is 0.306 e. The fraction of sp³-hybridized carbons (Fsp3) is 0.750. The summed E-state index contributed by atoms with van der Waals surface area (Å²) in [6.07, 6.45) is 4.49. The van der Waals surface area contributed by atoms with Gasteiger partial charge in [-0.3, -0.25) is 9.79 Å². The average Bonchev–Trinajstić information content (AvgIpc) is 2.96. The Morgan fingerprint density at radius 2 is 1.96 bits per heavy atom. The highest BCUT2D eigenvalue weighted by Crippen LogP contribution is 2.12. The Labute approximate surface area is 191 Å². The molecule has 0 aromatic carbocycles. The molecule has 0 atom stereocenters. The number of halogens is 1. The Balaban J connectivity index is 0.00000729. The lowest BCUT2D eigenvalue weighted by molar-refractivity contribution is -0.154. The molecular weight excluding hydrogens is 487 g/mol. The van der Waals surface area contributed by atoms with Gasteiger partial charge in [0.25, 0.3) is 0 Å². The van der Waals surface area contributed by atoms with Crippen molar-refractivity contribution in [3.63, 3.8) is 0 Å². The van der Waals surface area contributed by atoms with E-state index in [1.165, 1.54) is 0 Å². The number of hydrogen-bond donors (Lipinski definition) is 1. The van der Waals surface area contributed by atoms with Gasteiger partial charge in [-0.1, -0.05) is 12.8 Å². The lowest BCUT2D eigenvalue weighted by Crippen LogP contribution is -2.38. The Hall–Kier alpha value is -0.900. The number of aliphatic imine (C=N–C) groups is 1. The van der Waals surface area contributed by atoms with Gasteiger partial charge >= 0.3 is 5.97 Å². The number of carbonyl (C=O) groups is 1. The van der Waals surface area contributed by atoms with E-state index in [0.29, 0.717) is 6.42 Å². The van der Waals surface area contributed by atoms with Crippen LogP contribution < -0.4 is 5.32 Å². The summed E-state index contributed by atoms with van der Waals surface area (Å²) in [5.74, 6) is 0.811. The van der Waals surface area contributed by atoms with Gasteiger partial charge in [0.1, 0.15) is 5.60 Å². The molecule has 1 aromatic rings. The molecule has 0 unspecified atom stereocenters. The molecule has 0 saturated carbocycles. The molecule has 1 N–H and O–H groups in total. The van der Waals surface area contributed by atoms with Crippen LogP contribution in [0.1, 0.15) is 70.5 Å². The molecule has 0 fully saturated rings.